The van der Waals surface area contributed by atoms with Crippen molar-refractivity contribution in [3.05, 3.63) is 101 Å². The third kappa shape index (κ3) is 5.93. The number of halogens is 1. The van der Waals surface area contributed by atoms with Gasteiger partial charge in [0.25, 0.3) is 0 Å². The highest BCUT2D eigenvalue weighted by atomic mass is 35.5. The largest absolute Gasteiger partial charge is 0.439 e. The third-order valence-electron chi connectivity index (χ3n) is 6.35. The molecule has 35 heavy (non-hydrogen) atoms. The molecule has 180 valence electrons. The maximum Gasteiger partial charge on any atom is 0.222 e. The van der Waals surface area contributed by atoms with Crippen molar-refractivity contribution < 1.29 is 9.84 Å². The van der Waals surface area contributed by atoms with E-state index in [1.165, 1.54) is 0 Å². The summed E-state index contributed by atoms with van der Waals surface area (Å²) in [4.78, 5) is 2.38. The third-order valence-corrected chi connectivity index (χ3v) is 6.60. The summed E-state index contributed by atoms with van der Waals surface area (Å²) in [6.07, 6.45) is 2.48. The van der Waals surface area contributed by atoms with E-state index in [1.54, 1.807) is 4.68 Å². The van der Waals surface area contributed by atoms with Gasteiger partial charge in [-0.2, -0.15) is 5.10 Å². The van der Waals surface area contributed by atoms with Crippen molar-refractivity contribution in [2.75, 3.05) is 6.54 Å². The van der Waals surface area contributed by atoms with Gasteiger partial charge in [0, 0.05) is 36.8 Å². The quantitative estimate of drug-likeness (QED) is 0.293. The first kappa shape index (κ1) is 23.6. The van der Waals surface area contributed by atoms with Crippen LogP contribution in [0.2, 0.25) is 5.02 Å². The van der Waals surface area contributed by atoms with E-state index in [0.717, 1.165) is 35.2 Å². The van der Waals surface area contributed by atoms with E-state index in [9.17, 15) is 5.11 Å². The minimum absolute atomic E-state index is 0.449. The van der Waals surface area contributed by atoms with Crippen LogP contribution in [0.5, 0.6) is 11.6 Å². The molecule has 0 unspecified atom stereocenters. The number of rotatable bonds is 10. The number of ether oxygens (including phenoxy) is 1. The molecule has 3 aromatic carbocycles. The van der Waals surface area contributed by atoms with E-state index < -0.39 is 6.10 Å². The molecular weight excluding hydrogens is 458 g/mol. The van der Waals surface area contributed by atoms with Gasteiger partial charge >= 0.3 is 0 Å². The lowest BCUT2D eigenvalue weighted by atomic mass is 10.1. The molecule has 1 saturated carbocycles. The second-order valence-electron chi connectivity index (χ2n) is 9.18. The molecule has 1 fully saturated rings. The summed E-state index contributed by atoms with van der Waals surface area (Å²) < 4.78 is 8.16. The first-order valence-corrected chi connectivity index (χ1v) is 12.5. The van der Waals surface area contributed by atoms with Gasteiger partial charge in [-0.15, -0.1) is 0 Å². The predicted molar refractivity (Wildman–Crippen MR) is 140 cm³/mol. The lowest BCUT2D eigenvalue weighted by Gasteiger charge is -2.25. The molecule has 5 nitrogen and oxygen atoms in total. The predicted octanol–water partition coefficient (Wildman–Crippen LogP) is 6.10. The van der Waals surface area contributed by atoms with Crippen LogP contribution in [0.1, 0.15) is 24.0 Å². The van der Waals surface area contributed by atoms with Crippen LogP contribution in [0.3, 0.4) is 0 Å². The molecule has 0 saturated heterocycles. The van der Waals surface area contributed by atoms with E-state index in [-0.39, 0.29) is 0 Å². The first-order chi connectivity index (χ1) is 17.1. The van der Waals surface area contributed by atoms with Gasteiger partial charge in [-0.1, -0.05) is 72.3 Å². The zero-order chi connectivity index (χ0) is 24.2. The van der Waals surface area contributed by atoms with Crippen LogP contribution in [-0.4, -0.2) is 38.5 Å². The number of aromatic nitrogens is 2. The Hall–Kier alpha value is -3.12. The van der Waals surface area contributed by atoms with Crippen molar-refractivity contribution in [3.63, 3.8) is 0 Å². The van der Waals surface area contributed by atoms with Crippen molar-refractivity contribution in [2.45, 2.75) is 38.0 Å². The Balaban J connectivity index is 1.44. The zero-order valence-corrected chi connectivity index (χ0v) is 20.6. The van der Waals surface area contributed by atoms with E-state index >= 15 is 0 Å². The molecule has 0 amide bonds. The van der Waals surface area contributed by atoms with Gasteiger partial charge in [0.1, 0.15) is 11.4 Å². The SMILES string of the molecule is Cn1nc(-c2ccccc2)c(CN(C[C@@H](O)Cc2ccccc2)C2CC2)c1Oc1ccc(Cl)cc1. The number of nitrogens with zero attached hydrogens (tertiary/aromatic N) is 3. The number of aliphatic hydroxyl groups excluding tert-OH is 1. The number of hydrogen-bond donors (Lipinski definition) is 1. The van der Waals surface area contributed by atoms with Crippen LogP contribution in [0.15, 0.2) is 84.9 Å². The highest BCUT2D eigenvalue weighted by Crippen LogP contribution is 2.37. The molecule has 0 bridgehead atoms. The average Bonchev–Trinajstić information content (AvgIpc) is 3.67. The van der Waals surface area contributed by atoms with Gasteiger partial charge in [-0.3, -0.25) is 4.90 Å². The van der Waals surface area contributed by atoms with E-state index in [0.29, 0.717) is 42.2 Å². The molecule has 1 heterocycles. The highest BCUT2D eigenvalue weighted by molar-refractivity contribution is 6.30. The number of hydrogen-bond acceptors (Lipinski definition) is 4. The Morgan fingerprint density at radius 3 is 2.31 bits per heavy atom. The molecule has 5 rings (SSSR count). The fourth-order valence-corrected chi connectivity index (χ4v) is 4.60. The second kappa shape index (κ2) is 10.6. The molecule has 0 aliphatic heterocycles. The summed E-state index contributed by atoms with van der Waals surface area (Å²) in [5.41, 5.74) is 4.12. The maximum atomic E-state index is 10.9. The summed E-state index contributed by atoms with van der Waals surface area (Å²) >= 11 is 6.07. The highest BCUT2D eigenvalue weighted by Gasteiger charge is 2.33. The Morgan fingerprint density at radius 2 is 1.66 bits per heavy atom. The van der Waals surface area contributed by atoms with Crippen LogP contribution in [0.25, 0.3) is 11.3 Å². The summed E-state index contributed by atoms with van der Waals surface area (Å²) in [7, 11) is 1.91. The maximum absolute atomic E-state index is 10.9. The lowest BCUT2D eigenvalue weighted by Crippen LogP contribution is -2.35. The van der Waals surface area contributed by atoms with Crippen LogP contribution in [0.4, 0.5) is 0 Å². The van der Waals surface area contributed by atoms with Gasteiger partial charge in [0.15, 0.2) is 0 Å². The number of aliphatic hydroxyl groups is 1. The van der Waals surface area contributed by atoms with Gasteiger partial charge in [-0.25, -0.2) is 4.68 Å². The van der Waals surface area contributed by atoms with Crippen LogP contribution in [-0.2, 0) is 20.0 Å². The molecule has 1 N–H and O–H groups in total. The molecule has 1 aliphatic rings. The number of aryl methyl sites for hydroxylation is 1. The molecule has 1 aromatic heterocycles. The van der Waals surface area contributed by atoms with Crippen LogP contribution >= 0.6 is 11.6 Å². The summed E-state index contributed by atoms with van der Waals surface area (Å²) in [6, 6.07) is 28.2. The van der Waals surface area contributed by atoms with E-state index in [2.05, 4.69) is 29.2 Å². The molecule has 0 radical (unpaired) electrons. The topological polar surface area (TPSA) is 50.5 Å². The Labute approximate surface area is 211 Å². The van der Waals surface area contributed by atoms with Crippen molar-refractivity contribution >= 4 is 11.6 Å². The summed E-state index contributed by atoms with van der Waals surface area (Å²) in [5, 5.41) is 16.5. The molecular formula is C29H30ClN3O2. The minimum Gasteiger partial charge on any atom is -0.439 e. The molecule has 6 heteroatoms. The Kier molecular flexibility index (Phi) is 7.19. The van der Waals surface area contributed by atoms with E-state index in [4.69, 9.17) is 21.4 Å². The van der Waals surface area contributed by atoms with Crippen molar-refractivity contribution in [3.8, 4) is 22.9 Å². The first-order valence-electron chi connectivity index (χ1n) is 12.1. The van der Waals surface area contributed by atoms with Crippen molar-refractivity contribution in [1.82, 2.24) is 14.7 Å². The van der Waals surface area contributed by atoms with Gasteiger partial charge in [-0.05, 0) is 49.1 Å². The number of benzene rings is 3. The monoisotopic (exact) mass is 487 g/mol. The zero-order valence-electron chi connectivity index (χ0n) is 19.8. The van der Waals surface area contributed by atoms with Crippen molar-refractivity contribution in [2.24, 2.45) is 7.05 Å². The van der Waals surface area contributed by atoms with Crippen LogP contribution in [0, 0.1) is 0 Å². The van der Waals surface area contributed by atoms with Gasteiger partial charge < -0.3 is 9.84 Å². The minimum atomic E-state index is -0.449. The summed E-state index contributed by atoms with van der Waals surface area (Å²) in [6.45, 7) is 1.25. The molecule has 0 spiro atoms. The fraction of sp³-hybridized carbons (Fsp3) is 0.276. The summed E-state index contributed by atoms with van der Waals surface area (Å²) in [5.74, 6) is 1.41. The lowest BCUT2D eigenvalue weighted by molar-refractivity contribution is 0.104. The van der Waals surface area contributed by atoms with E-state index in [1.807, 2.05) is 67.7 Å². The smallest absolute Gasteiger partial charge is 0.222 e. The normalized spacial score (nSPS) is 14.3. The van der Waals surface area contributed by atoms with Gasteiger partial charge in [0.2, 0.25) is 5.88 Å². The molecule has 1 atom stereocenters. The fourth-order valence-electron chi connectivity index (χ4n) is 4.47. The van der Waals surface area contributed by atoms with Crippen LogP contribution < -0.4 is 4.74 Å². The second-order valence-corrected chi connectivity index (χ2v) is 9.62. The molecule has 4 aromatic rings. The molecule has 1 aliphatic carbocycles. The Morgan fingerprint density at radius 1 is 1.00 bits per heavy atom. The van der Waals surface area contributed by atoms with Gasteiger partial charge in [0.05, 0.1) is 11.7 Å². The standard InChI is InChI=1S/C29H30ClN3O2/c1-32-29(35-26-16-12-23(30)13-17-26)27(28(31-32)22-10-6-3-7-11-22)20-33(24-14-15-24)19-25(34)18-21-8-4-2-5-9-21/h2-13,16-17,24-25,34H,14-15,18-20H2,1H3/t25-/m0/s1. The average molecular weight is 488 g/mol. The van der Waals surface area contributed by atoms with Crippen molar-refractivity contribution in [1.29, 1.82) is 0 Å². The Bertz CT molecular complexity index is 1240.